The molecule has 2 N–H and O–H groups in total. The number of nitrogens with two attached hydrogens (primary N) is 1. The van der Waals surface area contributed by atoms with Gasteiger partial charge in [0.15, 0.2) is 5.78 Å². The molecule has 0 unspecified atom stereocenters. The van der Waals surface area contributed by atoms with Crippen molar-refractivity contribution in [3.8, 4) is 0 Å². The lowest BCUT2D eigenvalue weighted by molar-refractivity contribution is 0.103. The Labute approximate surface area is 131 Å². The van der Waals surface area contributed by atoms with Crippen molar-refractivity contribution in [3.05, 3.63) is 70.3 Å². The van der Waals surface area contributed by atoms with E-state index in [2.05, 4.69) is 13.8 Å². The molecule has 2 aromatic rings. The van der Waals surface area contributed by atoms with Crippen molar-refractivity contribution in [2.24, 2.45) is 5.73 Å². The molecule has 0 aromatic heterocycles. The molecule has 0 aliphatic heterocycles. The number of aryl methyl sites for hydroxylation is 1. The summed E-state index contributed by atoms with van der Waals surface area (Å²) in [6.45, 7) is 4.14. The van der Waals surface area contributed by atoms with Gasteiger partial charge in [0.2, 0.25) is 0 Å². The standard InChI is InChI=1S/C18H19NOS/c1-3-12-10-11-15(18(19)21)16(14(12)4-2)17(20)13-8-6-5-7-9-13/h5-11H,3-4H2,1-2H3,(H2,19,21). The number of carbonyl (C=O) groups excluding carboxylic acids is 1. The number of rotatable bonds is 5. The quantitative estimate of drug-likeness (QED) is 0.676. The van der Waals surface area contributed by atoms with Gasteiger partial charge in [0.1, 0.15) is 4.99 Å². The second kappa shape index (κ2) is 6.64. The van der Waals surface area contributed by atoms with Crippen LogP contribution in [0.1, 0.15) is 46.5 Å². The molecule has 2 rings (SSSR count). The molecule has 21 heavy (non-hydrogen) atoms. The maximum absolute atomic E-state index is 12.9. The minimum Gasteiger partial charge on any atom is -0.389 e. The lowest BCUT2D eigenvalue weighted by Crippen LogP contribution is -2.19. The summed E-state index contributed by atoms with van der Waals surface area (Å²) in [5.74, 6) is -0.00875. The lowest BCUT2D eigenvalue weighted by atomic mass is 9.88. The Hall–Kier alpha value is -2.00. The summed E-state index contributed by atoms with van der Waals surface area (Å²) >= 11 is 5.13. The van der Waals surface area contributed by atoms with E-state index in [-0.39, 0.29) is 10.8 Å². The summed E-state index contributed by atoms with van der Waals surface area (Å²) < 4.78 is 0. The lowest BCUT2D eigenvalue weighted by Gasteiger charge is -2.16. The Bertz CT molecular complexity index is 677. The van der Waals surface area contributed by atoms with Crippen LogP contribution in [0.15, 0.2) is 42.5 Å². The molecule has 0 spiro atoms. The van der Waals surface area contributed by atoms with Crippen molar-refractivity contribution < 1.29 is 4.79 Å². The number of ketones is 1. The average Bonchev–Trinajstić information content (AvgIpc) is 2.53. The van der Waals surface area contributed by atoms with Gasteiger partial charge in [-0.25, -0.2) is 0 Å². The summed E-state index contributed by atoms with van der Waals surface area (Å²) in [5, 5.41) is 0. The van der Waals surface area contributed by atoms with Crippen molar-refractivity contribution in [1.29, 1.82) is 0 Å². The molecule has 0 amide bonds. The van der Waals surface area contributed by atoms with E-state index in [1.807, 2.05) is 42.5 Å². The van der Waals surface area contributed by atoms with E-state index in [1.165, 1.54) is 5.56 Å². The van der Waals surface area contributed by atoms with Gasteiger partial charge < -0.3 is 5.73 Å². The molecule has 2 aromatic carbocycles. The van der Waals surface area contributed by atoms with Crippen LogP contribution in [0.4, 0.5) is 0 Å². The molecule has 0 fully saturated rings. The SMILES string of the molecule is CCc1ccc(C(N)=S)c(C(=O)c2ccccc2)c1CC. The first-order valence-corrected chi connectivity index (χ1v) is 7.55. The highest BCUT2D eigenvalue weighted by atomic mass is 32.1. The fraction of sp³-hybridized carbons (Fsp3) is 0.222. The predicted molar refractivity (Wildman–Crippen MR) is 91.0 cm³/mol. The molecule has 0 atom stereocenters. The number of benzene rings is 2. The van der Waals surface area contributed by atoms with E-state index in [9.17, 15) is 4.79 Å². The van der Waals surface area contributed by atoms with Crippen LogP contribution in [0.25, 0.3) is 0 Å². The van der Waals surface area contributed by atoms with Crippen LogP contribution in [0, 0.1) is 0 Å². The molecule has 0 radical (unpaired) electrons. The fourth-order valence-corrected chi connectivity index (χ4v) is 2.79. The monoisotopic (exact) mass is 297 g/mol. The van der Waals surface area contributed by atoms with Crippen molar-refractivity contribution >= 4 is 23.0 Å². The van der Waals surface area contributed by atoms with Crippen LogP contribution in [0.3, 0.4) is 0 Å². The Morgan fingerprint density at radius 3 is 2.24 bits per heavy atom. The van der Waals surface area contributed by atoms with Crippen LogP contribution in [0.5, 0.6) is 0 Å². The van der Waals surface area contributed by atoms with Gasteiger partial charge in [-0.05, 0) is 24.0 Å². The van der Waals surface area contributed by atoms with Crippen LogP contribution in [0.2, 0.25) is 0 Å². The third kappa shape index (κ3) is 3.03. The van der Waals surface area contributed by atoms with Crippen molar-refractivity contribution in [3.63, 3.8) is 0 Å². The van der Waals surface area contributed by atoms with E-state index in [1.54, 1.807) is 0 Å². The molecular weight excluding hydrogens is 278 g/mol. The van der Waals surface area contributed by atoms with E-state index >= 15 is 0 Å². The minimum atomic E-state index is -0.00875. The normalized spacial score (nSPS) is 10.4. The van der Waals surface area contributed by atoms with Gasteiger partial charge in [0, 0.05) is 16.7 Å². The topological polar surface area (TPSA) is 43.1 Å². The molecule has 0 bridgehead atoms. The van der Waals surface area contributed by atoms with E-state index < -0.39 is 0 Å². The fourth-order valence-electron chi connectivity index (χ4n) is 2.62. The zero-order chi connectivity index (χ0) is 15.4. The molecule has 3 heteroatoms. The summed E-state index contributed by atoms with van der Waals surface area (Å²) in [6, 6.07) is 13.2. The third-order valence-corrected chi connectivity index (χ3v) is 3.89. The average molecular weight is 297 g/mol. The predicted octanol–water partition coefficient (Wildman–Crippen LogP) is 3.68. The first kappa shape index (κ1) is 15.4. The summed E-state index contributed by atoms with van der Waals surface area (Å²) in [5.41, 5.74) is 10.1. The largest absolute Gasteiger partial charge is 0.389 e. The number of hydrogen-bond donors (Lipinski definition) is 1. The highest BCUT2D eigenvalue weighted by molar-refractivity contribution is 7.80. The highest BCUT2D eigenvalue weighted by Gasteiger charge is 2.20. The number of carbonyl (C=O) groups is 1. The second-order valence-corrected chi connectivity index (χ2v) is 5.33. The molecule has 2 nitrogen and oxygen atoms in total. The zero-order valence-corrected chi connectivity index (χ0v) is 13.2. The van der Waals surface area contributed by atoms with Crippen LogP contribution in [-0.2, 0) is 12.8 Å². The molecule has 108 valence electrons. The maximum atomic E-state index is 12.9. The van der Waals surface area contributed by atoms with Crippen molar-refractivity contribution in [2.45, 2.75) is 26.7 Å². The van der Waals surface area contributed by atoms with Gasteiger partial charge in [-0.15, -0.1) is 0 Å². The van der Waals surface area contributed by atoms with Crippen LogP contribution >= 0.6 is 12.2 Å². The summed E-state index contributed by atoms with van der Waals surface area (Å²) in [4.78, 5) is 13.2. The van der Waals surface area contributed by atoms with Crippen molar-refractivity contribution in [2.75, 3.05) is 0 Å². The first-order chi connectivity index (χ1) is 10.1. The van der Waals surface area contributed by atoms with E-state index in [0.29, 0.717) is 16.7 Å². The van der Waals surface area contributed by atoms with Gasteiger partial charge in [0.05, 0.1) is 0 Å². The first-order valence-electron chi connectivity index (χ1n) is 7.14. The molecule has 0 aliphatic carbocycles. The van der Waals surface area contributed by atoms with E-state index in [0.717, 1.165) is 18.4 Å². The Morgan fingerprint density at radius 1 is 1.05 bits per heavy atom. The molecule has 0 aliphatic rings. The molecule has 0 saturated heterocycles. The summed E-state index contributed by atoms with van der Waals surface area (Å²) in [7, 11) is 0. The van der Waals surface area contributed by atoms with Gasteiger partial charge in [-0.1, -0.05) is 68.5 Å². The smallest absolute Gasteiger partial charge is 0.194 e. The summed E-state index contributed by atoms with van der Waals surface area (Å²) in [6.07, 6.45) is 1.67. The molecule has 0 saturated carbocycles. The second-order valence-electron chi connectivity index (χ2n) is 4.89. The molecular formula is C18H19NOS. The van der Waals surface area contributed by atoms with Gasteiger partial charge in [0.25, 0.3) is 0 Å². The zero-order valence-electron chi connectivity index (χ0n) is 12.3. The van der Waals surface area contributed by atoms with Gasteiger partial charge >= 0.3 is 0 Å². The van der Waals surface area contributed by atoms with E-state index in [4.69, 9.17) is 18.0 Å². The van der Waals surface area contributed by atoms with Crippen LogP contribution < -0.4 is 5.73 Å². The minimum absolute atomic E-state index is 0.00875. The Balaban J connectivity index is 2.70. The number of hydrogen-bond acceptors (Lipinski definition) is 2. The third-order valence-electron chi connectivity index (χ3n) is 3.67. The van der Waals surface area contributed by atoms with Gasteiger partial charge in [-0.3, -0.25) is 4.79 Å². The highest BCUT2D eigenvalue weighted by Crippen LogP contribution is 2.24. The maximum Gasteiger partial charge on any atom is 0.194 e. The van der Waals surface area contributed by atoms with Crippen LogP contribution in [-0.4, -0.2) is 10.8 Å². The van der Waals surface area contributed by atoms with Gasteiger partial charge in [-0.2, -0.15) is 0 Å². The number of thiocarbonyl (C=S) groups is 1. The Kier molecular flexibility index (Phi) is 4.86. The van der Waals surface area contributed by atoms with Crippen molar-refractivity contribution in [1.82, 2.24) is 0 Å². The Morgan fingerprint density at radius 2 is 1.71 bits per heavy atom. The molecule has 0 heterocycles.